The van der Waals surface area contributed by atoms with Crippen molar-refractivity contribution in [3.63, 3.8) is 0 Å². The third-order valence-electron chi connectivity index (χ3n) is 6.14. The second-order valence-corrected chi connectivity index (χ2v) is 19.8. The summed E-state index contributed by atoms with van der Waals surface area (Å²) in [4.78, 5) is 0. The molecule has 0 fully saturated rings. The second kappa shape index (κ2) is 6.99. The van der Waals surface area contributed by atoms with Crippen molar-refractivity contribution in [3.8, 4) is 0 Å². The third kappa shape index (κ3) is 5.04. The van der Waals surface area contributed by atoms with Crippen LogP contribution in [0.2, 0.25) is 36.3 Å². The van der Waals surface area contributed by atoms with E-state index in [1.54, 1.807) is 0 Å². The zero-order chi connectivity index (χ0) is 19.0. The van der Waals surface area contributed by atoms with Crippen molar-refractivity contribution < 1.29 is 14.0 Å². The molecule has 0 aromatic heterocycles. The number of hydrogen-bond donors (Lipinski definition) is 1. The van der Waals surface area contributed by atoms with Crippen LogP contribution in [0.4, 0.5) is 0 Å². The molecule has 0 aromatic carbocycles. The van der Waals surface area contributed by atoms with Crippen LogP contribution in [-0.4, -0.2) is 27.7 Å². The smallest absolute Gasteiger partial charge is 0.268 e. The van der Waals surface area contributed by atoms with E-state index in [1.807, 2.05) is 0 Å². The zero-order valence-corrected chi connectivity index (χ0v) is 19.6. The lowest BCUT2D eigenvalue weighted by atomic mass is 9.94. The largest absolute Gasteiger partial charge is 0.369 e. The molecule has 1 rings (SSSR count). The first-order valence-electron chi connectivity index (χ1n) is 9.31. The van der Waals surface area contributed by atoms with Gasteiger partial charge in [-0.25, -0.2) is 0 Å². The van der Waals surface area contributed by atoms with Gasteiger partial charge in [0.15, 0.2) is 16.6 Å². The third-order valence-corrected chi connectivity index (χ3v) is 15.0. The monoisotopic (exact) mass is 372 g/mol. The Balaban J connectivity index is 3.22. The summed E-state index contributed by atoms with van der Waals surface area (Å²) in [5.41, 5.74) is 0. The van der Waals surface area contributed by atoms with Gasteiger partial charge in [-0.3, -0.25) is 0 Å². The van der Waals surface area contributed by atoms with Gasteiger partial charge >= 0.3 is 0 Å². The van der Waals surface area contributed by atoms with Crippen molar-refractivity contribution in [3.05, 3.63) is 12.2 Å². The van der Waals surface area contributed by atoms with Crippen LogP contribution in [0.5, 0.6) is 0 Å². The maximum Gasteiger partial charge on any atom is 0.268 e. The van der Waals surface area contributed by atoms with Gasteiger partial charge in [0.2, 0.25) is 0 Å². The average molecular weight is 373 g/mol. The Hall–Kier alpha value is 0.0538. The molecule has 142 valence electrons. The molecular formula is C19H40O3Si2. The van der Waals surface area contributed by atoms with E-state index < -0.39 is 22.6 Å². The fourth-order valence-electron chi connectivity index (χ4n) is 2.33. The summed E-state index contributed by atoms with van der Waals surface area (Å²) in [6.45, 7) is 21.9. The molecule has 1 aliphatic rings. The van der Waals surface area contributed by atoms with Crippen molar-refractivity contribution in [2.45, 2.75) is 103 Å². The summed E-state index contributed by atoms with van der Waals surface area (Å²) in [5.74, 6) is -1.60. The van der Waals surface area contributed by atoms with Crippen LogP contribution in [0.25, 0.3) is 0 Å². The Kier molecular flexibility index (Phi) is 6.43. The number of allylic oxidation sites excluding steroid dienone is 1. The van der Waals surface area contributed by atoms with Gasteiger partial charge in [0.05, 0.1) is 5.92 Å². The molecule has 0 heterocycles. The molecule has 0 saturated carbocycles. The fraction of sp³-hybridized carbons (Fsp3) is 0.895. The van der Waals surface area contributed by atoms with Gasteiger partial charge in [-0.15, -0.1) is 0 Å². The highest BCUT2D eigenvalue weighted by Crippen LogP contribution is 2.46. The summed E-state index contributed by atoms with van der Waals surface area (Å²) >= 11 is 0. The molecular weight excluding hydrogens is 332 g/mol. The normalized spacial score (nSPS) is 21.2. The summed E-state index contributed by atoms with van der Waals surface area (Å²) in [6.07, 6.45) is 7.32. The molecule has 0 unspecified atom stereocenters. The SMILES string of the molecule is CC(C)(C)[Si](C)(C)OC(O)(O[Si](C)(C)C(C)(C)C)[C@@H]1C=CCCC1. The Morgan fingerprint density at radius 3 is 1.58 bits per heavy atom. The molecule has 1 atom stereocenters. The predicted molar refractivity (Wildman–Crippen MR) is 108 cm³/mol. The van der Waals surface area contributed by atoms with E-state index in [0.29, 0.717) is 0 Å². The molecule has 0 aliphatic heterocycles. The standard InChI is InChI=1S/C19H40O3Si2/c1-17(2,3)23(7,8)21-19(20,16-14-12-11-13-15-16)22-24(9,10)18(4,5)6/h12,14,16,20H,11,13,15H2,1-10H3/t16-/m1/s1. The van der Waals surface area contributed by atoms with E-state index in [4.69, 9.17) is 8.85 Å². The lowest BCUT2D eigenvalue weighted by Crippen LogP contribution is -2.59. The van der Waals surface area contributed by atoms with Gasteiger partial charge in [-0.05, 0) is 55.5 Å². The van der Waals surface area contributed by atoms with E-state index in [9.17, 15) is 5.11 Å². The van der Waals surface area contributed by atoms with Crippen molar-refractivity contribution in [2.75, 3.05) is 0 Å². The van der Waals surface area contributed by atoms with E-state index in [-0.39, 0.29) is 16.0 Å². The Bertz CT molecular complexity index is 428. The van der Waals surface area contributed by atoms with Gasteiger partial charge in [-0.1, -0.05) is 53.7 Å². The highest BCUT2D eigenvalue weighted by Gasteiger charge is 2.52. The molecule has 5 heteroatoms. The Morgan fingerprint density at radius 2 is 1.29 bits per heavy atom. The molecule has 0 aromatic rings. The van der Waals surface area contributed by atoms with E-state index in [0.717, 1.165) is 19.3 Å². The Morgan fingerprint density at radius 1 is 0.875 bits per heavy atom. The van der Waals surface area contributed by atoms with E-state index in [1.165, 1.54) is 0 Å². The van der Waals surface area contributed by atoms with Crippen LogP contribution in [0.1, 0.15) is 60.8 Å². The van der Waals surface area contributed by atoms with Gasteiger partial charge < -0.3 is 14.0 Å². The van der Waals surface area contributed by atoms with Crippen molar-refractivity contribution in [2.24, 2.45) is 5.92 Å². The van der Waals surface area contributed by atoms with Crippen molar-refractivity contribution in [1.82, 2.24) is 0 Å². The van der Waals surface area contributed by atoms with E-state index >= 15 is 0 Å². The first-order valence-corrected chi connectivity index (χ1v) is 15.1. The van der Waals surface area contributed by atoms with Gasteiger partial charge in [0.25, 0.3) is 5.97 Å². The summed E-state index contributed by atoms with van der Waals surface area (Å²) in [6, 6.07) is 0. The van der Waals surface area contributed by atoms with Gasteiger partial charge in [-0.2, -0.15) is 0 Å². The molecule has 1 N–H and O–H groups in total. The first-order chi connectivity index (χ1) is 10.5. The average Bonchev–Trinajstić information content (AvgIpc) is 2.35. The lowest BCUT2D eigenvalue weighted by molar-refractivity contribution is -0.311. The fourth-order valence-corrected chi connectivity index (χ4v) is 4.87. The second-order valence-electron chi connectivity index (χ2n) is 10.3. The molecule has 0 bridgehead atoms. The molecule has 3 nitrogen and oxygen atoms in total. The van der Waals surface area contributed by atoms with Crippen molar-refractivity contribution in [1.29, 1.82) is 0 Å². The summed E-state index contributed by atoms with van der Waals surface area (Å²) < 4.78 is 13.0. The van der Waals surface area contributed by atoms with Gasteiger partial charge in [0.1, 0.15) is 0 Å². The molecule has 0 saturated heterocycles. The highest BCUT2D eigenvalue weighted by molar-refractivity contribution is 6.75. The number of aliphatic hydroxyl groups is 1. The molecule has 1 aliphatic carbocycles. The van der Waals surface area contributed by atoms with E-state index in [2.05, 4.69) is 79.9 Å². The summed E-state index contributed by atoms with van der Waals surface area (Å²) in [7, 11) is -4.34. The molecule has 0 amide bonds. The lowest BCUT2D eigenvalue weighted by Gasteiger charge is -2.50. The molecule has 0 radical (unpaired) electrons. The van der Waals surface area contributed by atoms with Crippen LogP contribution in [0, 0.1) is 5.92 Å². The maximum atomic E-state index is 11.6. The van der Waals surface area contributed by atoms with Crippen LogP contribution < -0.4 is 0 Å². The van der Waals surface area contributed by atoms with Gasteiger partial charge in [0, 0.05) is 0 Å². The van der Waals surface area contributed by atoms with Crippen LogP contribution in [0.3, 0.4) is 0 Å². The number of hydrogen-bond acceptors (Lipinski definition) is 3. The maximum absolute atomic E-state index is 11.6. The topological polar surface area (TPSA) is 38.7 Å². The predicted octanol–water partition coefficient (Wildman–Crippen LogP) is 6.03. The van der Waals surface area contributed by atoms with Crippen LogP contribution in [0.15, 0.2) is 12.2 Å². The molecule has 24 heavy (non-hydrogen) atoms. The number of rotatable bonds is 5. The highest BCUT2D eigenvalue weighted by atomic mass is 28.4. The van der Waals surface area contributed by atoms with Crippen LogP contribution >= 0.6 is 0 Å². The van der Waals surface area contributed by atoms with Crippen molar-refractivity contribution >= 4 is 16.6 Å². The quantitative estimate of drug-likeness (QED) is 0.363. The minimum absolute atomic E-state index is 0.0240. The Labute approximate surface area is 152 Å². The minimum atomic E-state index is -2.17. The summed E-state index contributed by atoms with van der Waals surface area (Å²) in [5, 5.41) is 11.7. The first kappa shape index (κ1) is 22.1. The zero-order valence-electron chi connectivity index (χ0n) is 17.6. The molecule has 0 spiro atoms. The van der Waals surface area contributed by atoms with Crippen LogP contribution in [-0.2, 0) is 8.85 Å². The minimum Gasteiger partial charge on any atom is -0.369 e.